The molecule has 0 unspecified atom stereocenters. The Morgan fingerprint density at radius 1 is 1.00 bits per heavy atom. The third-order valence-electron chi connectivity index (χ3n) is 3.98. The minimum atomic E-state index is -0.754. The number of nitro benzene ring substituents is 1. The largest absolute Gasteiger partial charge is 0.495 e. The molecule has 13 heteroatoms. The number of rotatable bonds is 8. The van der Waals surface area contributed by atoms with E-state index in [-0.39, 0.29) is 22.9 Å². The van der Waals surface area contributed by atoms with E-state index in [1.807, 2.05) is 0 Å². The molecule has 0 saturated carbocycles. The van der Waals surface area contributed by atoms with Crippen molar-refractivity contribution in [2.24, 2.45) is 0 Å². The molecule has 0 saturated heterocycles. The number of non-ortho nitro benzene ring substituents is 1. The lowest BCUT2D eigenvalue weighted by molar-refractivity contribution is -0.384. The van der Waals surface area contributed by atoms with Crippen LogP contribution in [0.5, 0.6) is 5.75 Å². The molecule has 0 aliphatic heterocycles. The van der Waals surface area contributed by atoms with Gasteiger partial charge in [0.1, 0.15) is 12.1 Å². The number of para-hydroxylation sites is 2. The zero-order chi connectivity index (χ0) is 22.4. The van der Waals surface area contributed by atoms with Gasteiger partial charge in [0.05, 0.1) is 22.6 Å². The van der Waals surface area contributed by atoms with Gasteiger partial charge < -0.3 is 10.1 Å². The second-order valence-electron chi connectivity index (χ2n) is 5.89. The fourth-order valence-electron chi connectivity index (χ4n) is 2.56. The molecule has 31 heavy (non-hydrogen) atoms. The standard InChI is InChI=1S/C18H15N7O6/c1-31-14-8-3-2-7-13(14)21-16-15(25(29)30)17(20-10-19-16)22-23-18(26)11-5-4-6-12(9-11)24(27)28/h2-10H,1H3,(H,23,26)(H2,19,20,21,22). The van der Waals surface area contributed by atoms with Crippen molar-refractivity contribution in [3.8, 4) is 5.75 Å². The van der Waals surface area contributed by atoms with Crippen LogP contribution in [0.3, 0.4) is 0 Å². The molecule has 1 heterocycles. The van der Waals surface area contributed by atoms with Crippen molar-refractivity contribution in [3.05, 3.63) is 80.7 Å². The number of nitro groups is 2. The van der Waals surface area contributed by atoms with Crippen molar-refractivity contribution >= 4 is 34.6 Å². The van der Waals surface area contributed by atoms with E-state index in [4.69, 9.17) is 4.74 Å². The summed E-state index contributed by atoms with van der Waals surface area (Å²) in [5.41, 5.74) is 4.19. The van der Waals surface area contributed by atoms with Crippen LogP contribution >= 0.6 is 0 Å². The first-order valence-electron chi connectivity index (χ1n) is 8.61. The fraction of sp³-hybridized carbons (Fsp3) is 0.0556. The molecule has 0 bridgehead atoms. The van der Waals surface area contributed by atoms with Gasteiger partial charge in [-0.2, -0.15) is 0 Å². The number of ether oxygens (including phenoxy) is 1. The quantitative estimate of drug-likeness (QED) is 0.359. The second kappa shape index (κ2) is 9.13. The van der Waals surface area contributed by atoms with Gasteiger partial charge in [0.2, 0.25) is 11.6 Å². The highest BCUT2D eigenvalue weighted by molar-refractivity contribution is 5.95. The van der Waals surface area contributed by atoms with Gasteiger partial charge in [0.15, 0.2) is 0 Å². The van der Waals surface area contributed by atoms with E-state index in [1.165, 1.54) is 25.3 Å². The number of aromatic nitrogens is 2. The number of hydrogen-bond acceptors (Lipinski definition) is 10. The smallest absolute Gasteiger partial charge is 0.355 e. The van der Waals surface area contributed by atoms with Gasteiger partial charge in [-0.05, 0) is 18.2 Å². The van der Waals surface area contributed by atoms with E-state index in [1.54, 1.807) is 24.3 Å². The minimum Gasteiger partial charge on any atom is -0.495 e. The Bertz CT molecular complexity index is 1150. The third kappa shape index (κ3) is 4.79. The summed E-state index contributed by atoms with van der Waals surface area (Å²) in [5.74, 6) is -0.757. The summed E-state index contributed by atoms with van der Waals surface area (Å²) in [6, 6.07) is 11.7. The molecule has 13 nitrogen and oxygen atoms in total. The molecule has 158 valence electrons. The highest BCUT2D eigenvalue weighted by Gasteiger charge is 2.24. The molecule has 0 aliphatic carbocycles. The Labute approximate surface area is 174 Å². The number of carbonyl (C=O) groups excluding carboxylic acids is 1. The molecule has 3 aromatic rings. The van der Waals surface area contributed by atoms with E-state index in [0.717, 1.165) is 12.4 Å². The Morgan fingerprint density at radius 2 is 1.74 bits per heavy atom. The molecule has 0 spiro atoms. The maximum Gasteiger partial charge on any atom is 0.355 e. The highest BCUT2D eigenvalue weighted by Crippen LogP contribution is 2.33. The fourth-order valence-corrected chi connectivity index (χ4v) is 2.56. The average Bonchev–Trinajstić information content (AvgIpc) is 2.77. The summed E-state index contributed by atoms with van der Waals surface area (Å²) in [6.45, 7) is 0. The van der Waals surface area contributed by atoms with Crippen molar-refractivity contribution < 1.29 is 19.4 Å². The second-order valence-corrected chi connectivity index (χ2v) is 5.89. The van der Waals surface area contributed by atoms with Crippen LogP contribution < -0.4 is 20.9 Å². The lowest BCUT2D eigenvalue weighted by Gasteiger charge is -2.12. The number of nitrogens with one attached hydrogen (secondary N) is 3. The van der Waals surface area contributed by atoms with Gasteiger partial charge in [0.25, 0.3) is 11.6 Å². The van der Waals surface area contributed by atoms with E-state index in [0.29, 0.717) is 11.4 Å². The maximum absolute atomic E-state index is 12.3. The van der Waals surface area contributed by atoms with Crippen molar-refractivity contribution in [1.82, 2.24) is 15.4 Å². The first kappa shape index (κ1) is 20.9. The number of carbonyl (C=O) groups is 1. The predicted octanol–water partition coefficient (Wildman–Crippen LogP) is 2.80. The molecule has 0 fully saturated rings. The number of amides is 1. The molecule has 2 aromatic carbocycles. The first-order valence-corrected chi connectivity index (χ1v) is 8.61. The molecule has 1 amide bonds. The van der Waals surface area contributed by atoms with Crippen molar-refractivity contribution in [2.45, 2.75) is 0 Å². The van der Waals surface area contributed by atoms with Gasteiger partial charge in [-0.3, -0.25) is 35.9 Å². The monoisotopic (exact) mass is 425 g/mol. The number of anilines is 3. The van der Waals surface area contributed by atoms with Gasteiger partial charge in [-0.1, -0.05) is 18.2 Å². The van der Waals surface area contributed by atoms with Crippen LogP contribution in [0, 0.1) is 20.2 Å². The van der Waals surface area contributed by atoms with Gasteiger partial charge in [0, 0.05) is 17.7 Å². The number of hydrazine groups is 1. The van der Waals surface area contributed by atoms with Crippen LogP contribution in [0.15, 0.2) is 54.9 Å². The summed E-state index contributed by atoms with van der Waals surface area (Å²) < 4.78 is 5.21. The van der Waals surface area contributed by atoms with Crippen LogP contribution in [0.4, 0.5) is 28.7 Å². The van der Waals surface area contributed by atoms with Crippen molar-refractivity contribution in [2.75, 3.05) is 17.9 Å². The molecular weight excluding hydrogens is 410 g/mol. The molecule has 0 atom stereocenters. The molecule has 3 rings (SSSR count). The zero-order valence-electron chi connectivity index (χ0n) is 15.9. The SMILES string of the molecule is COc1ccccc1Nc1ncnc(NNC(=O)c2cccc([N+](=O)[O-])c2)c1[N+](=O)[O-]. The lowest BCUT2D eigenvalue weighted by Crippen LogP contribution is -2.30. The van der Waals surface area contributed by atoms with Crippen molar-refractivity contribution in [1.29, 1.82) is 0 Å². The van der Waals surface area contributed by atoms with Crippen molar-refractivity contribution in [3.63, 3.8) is 0 Å². The summed E-state index contributed by atoms with van der Waals surface area (Å²) >= 11 is 0. The summed E-state index contributed by atoms with van der Waals surface area (Å²) in [7, 11) is 1.45. The number of hydrogen-bond donors (Lipinski definition) is 3. The molecule has 1 aromatic heterocycles. The van der Waals surface area contributed by atoms with E-state index >= 15 is 0 Å². The van der Waals surface area contributed by atoms with E-state index in [9.17, 15) is 25.0 Å². The Hall–Kier alpha value is -4.81. The lowest BCUT2D eigenvalue weighted by atomic mass is 10.2. The van der Waals surface area contributed by atoms with Crippen LogP contribution in [0.2, 0.25) is 0 Å². The molecular formula is C18H15N7O6. The summed E-state index contributed by atoms with van der Waals surface area (Å²) in [6.07, 6.45) is 1.06. The number of nitrogens with zero attached hydrogens (tertiary/aromatic N) is 4. The predicted molar refractivity (Wildman–Crippen MR) is 109 cm³/mol. The molecule has 0 aliphatic rings. The summed E-state index contributed by atoms with van der Waals surface area (Å²) in [4.78, 5) is 41.1. The third-order valence-corrected chi connectivity index (χ3v) is 3.98. The molecule has 3 N–H and O–H groups in total. The zero-order valence-corrected chi connectivity index (χ0v) is 15.9. The number of benzene rings is 2. The maximum atomic E-state index is 12.3. The Kier molecular flexibility index (Phi) is 6.16. The van der Waals surface area contributed by atoms with Crippen LogP contribution in [0.25, 0.3) is 0 Å². The topological polar surface area (TPSA) is 174 Å². The number of methoxy groups -OCH3 is 1. The molecule has 0 radical (unpaired) electrons. The normalized spacial score (nSPS) is 10.1. The van der Waals surface area contributed by atoms with E-state index in [2.05, 4.69) is 26.1 Å². The highest BCUT2D eigenvalue weighted by atomic mass is 16.6. The van der Waals surface area contributed by atoms with Crippen LogP contribution in [0.1, 0.15) is 10.4 Å². The van der Waals surface area contributed by atoms with Gasteiger partial charge in [-0.15, -0.1) is 0 Å². The first-order chi connectivity index (χ1) is 14.9. The Balaban J connectivity index is 1.84. The minimum absolute atomic E-state index is 0.0224. The van der Waals surface area contributed by atoms with E-state index < -0.39 is 21.4 Å². The average molecular weight is 425 g/mol. The van der Waals surface area contributed by atoms with Gasteiger partial charge in [-0.25, -0.2) is 9.97 Å². The Morgan fingerprint density at radius 3 is 2.45 bits per heavy atom. The van der Waals surface area contributed by atoms with Crippen LogP contribution in [-0.4, -0.2) is 32.8 Å². The summed E-state index contributed by atoms with van der Waals surface area (Å²) in [5, 5.41) is 25.3. The van der Waals surface area contributed by atoms with Gasteiger partial charge >= 0.3 is 5.69 Å². The van der Waals surface area contributed by atoms with Crippen LogP contribution in [-0.2, 0) is 0 Å².